The summed E-state index contributed by atoms with van der Waals surface area (Å²) in [4.78, 5) is 27.1. The molecule has 0 spiro atoms. The van der Waals surface area contributed by atoms with E-state index in [0.717, 1.165) is 22.3 Å². The van der Waals surface area contributed by atoms with Crippen molar-refractivity contribution in [3.8, 4) is 11.1 Å². The van der Waals surface area contributed by atoms with E-state index in [1.54, 1.807) is 6.92 Å². The molecule has 152 valence electrons. The topological polar surface area (TPSA) is 49.4 Å². The molecule has 30 heavy (non-hydrogen) atoms. The van der Waals surface area contributed by atoms with Crippen LogP contribution in [0.15, 0.2) is 78.9 Å². The molecule has 4 rings (SSSR count). The van der Waals surface area contributed by atoms with Crippen molar-refractivity contribution < 1.29 is 9.59 Å². The van der Waals surface area contributed by atoms with Gasteiger partial charge in [0.25, 0.3) is 5.91 Å². The highest BCUT2D eigenvalue weighted by molar-refractivity contribution is 6.07. The number of carbonyl (C=O) groups is 2. The van der Waals surface area contributed by atoms with E-state index in [9.17, 15) is 9.59 Å². The summed E-state index contributed by atoms with van der Waals surface area (Å²) in [5.74, 6) is 0.188. The van der Waals surface area contributed by atoms with Crippen molar-refractivity contribution in [2.24, 2.45) is 0 Å². The Morgan fingerprint density at radius 2 is 1.43 bits per heavy atom. The Bertz CT molecular complexity index is 1060. The van der Waals surface area contributed by atoms with Gasteiger partial charge in [-0.15, -0.1) is 0 Å². The number of nitrogens with one attached hydrogen (secondary N) is 1. The zero-order valence-corrected chi connectivity index (χ0v) is 17.6. The quantitative estimate of drug-likeness (QED) is 0.582. The molecule has 0 radical (unpaired) electrons. The Morgan fingerprint density at radius 1 is 0.833 bits per heavy atom. The van der Waals surface area contributed by atoms with E-state index in [1.807, 2.05) is 66.7 Å². The van der Waals surface area contributed by atoms with Gasteiger partial charge in [-0.2, -0.15) is 0 Å². The normalized spacial score (nSPS) is 18.7. The number of rotatable bonds is 5. The van der Waals surface area contributed by atoms with Gasteiger partial charge < -0.3 is 5.32 Å². The lowest BCUT2D eigenvalue weighted by atomic mass is 9.90. The second-order valence-electron chi connectivity index (χ2n) is 8.29. The van der Waals surface area contributed by atoms with Crippen LogP contribution in [0.4, 0.5) is 4.79 Å². The van der Waals surface area contributed by atoms with Crippen LogP contribution in [0.3, 0.4) is 0 Å². The average Bonchev–Trinajstić information content (AvgIpc) is 2.99. The summed E-state index contributed by atoms with van der Waals surface area (Å²) in [6, 6.07) is 25.7. The molecule has 1 aliphatic heterocycles. The molecular formula is C26H26N2O2. The second kappa shape index (κ2) is 7.79. The van der Waals surface area contributed by atoms with E-state index in [2.05, 4.69) is 31.3 Å². The summed E-state index contributed by atoms with van der Waals surface area (Å²) in [6.07, 6.45) is 0. The molecule has 4 nitrogen and oxygen atoms in total. The van der Waals surface area contributed by atoms with Crippen molar-refractivity contribution in [1.29, 1.82) is 0 Å². The Morgan fingerprint density at radius 3 is 2.03 bits per heavy atom. The van der Waals surface area contributed by atoms with Crippen LogP contribution in [-0.4, -0.2) is 16.8 Å². The average molecular weight is 399 g/mol. The zero-order valence-electron chi connectivity index (χ0n) is 17.6. The number of benzene rings is 3. The maximum Gasteiger partial charge on any atom is 0.325 e. The summed E-state index contributed by atoms with van der Waals surface area (Å²) in [5, 5.41) is 2.89. The van der Waals surface area contributed by atoms with Crippen LogP contribution in [0.5, 0.6) is 0 Å². The van der Waals surface area contributed by atoms with E-state index in [4.69, 9.17) is 0 Å². The predicted octanol–water partition coefficient (Wildman–Crippen LogP) is 5.44. The van der Waals surface area contributed by atoms with E-state index in [-0.39, 0.29) is 18.5 Å². The lowest BCUT2D eigenvalue weighted by Crippen LogP contribution is -2.40. The molecule has 0 saturated carbocycles. The molecule has 1 aliphatic rings. The Balaban J connectivity index is 1.53. The van der Waals surface area contributed by atoms with Gasteiger partial charge in [-0.1, -0.05) is 92.7 Å². The van der Waals surface area contributed by atoms with Crippen LogP contribution < -0.4 is 5.32 Å². The molecule has 0 unspecified atom stereocenters. The first-order chi connectivity index (χ1) is 14.4. The second-order valence-corrected chi connectivity index (χ2v) is 8.29. The van der Waals surface area contributed by atoms with Gasteiger partial charge in [0.15, 0.2) is 0 Å². The van der Waals surface area contributed by atoms with Gasteiger partial charge in [0.1, 0.15) is 5.54 Å². The van der Waals surface area contributed by atoms with Crippen molar-refractivity contribution >= 4 is 11.9 Å². The van der Waals surface area contributed by atoms with Crippen molar-refractivity contribution in [1.82, 2.24) is 10.2 Å². The standard InChI is InChI=1S/C26H26N2O2/c1-18(2)20-13-15-23(16-14-20)26(3)24(29)28(25(30)27-26)17-19-9-11-22(12-10-19)21-7-5-4-6-8-21/h4-16,18H,17H2,1-3H3,(H,27,30)/t26-/m1/s1. The monoisotopic (exact) mass is 398 g/mol. The van der Waals surface area contributed by atoms with Gasteiger partial charge in [-0.05, 0) is 40.7 Å². The van der Waals surface area contributed by atoms with Gasteiger partial charge >= 0.3 is 6.03 Å². The van der Waals surface area contributed by atoms with E-state index in [0.29, 0.717) is 5.92 Å². The molecule has 1 heterocycles. The fourth-order valence-electron chi connectivity index (χ4n) is 3.85. The number of imide groups is 1. The number of carbonyl (C=O) groups excluding carboxylic acids is 2. The minimum atomic E-state index is -1.05. The number of urea groups is 1. The zero-order chi connectivity index (χ0) is 21.3. The van der Waals surface area contributed by atoms with Crippen LogP contribution in [0.2, 0.25) is 0 Å². The first-order valence-electron chi connectivity index (χ1n) is 10.3. The van der Waals surface area contributed by atoms with Gasteiger partial charge in [-0.25, -0.2) is 4.79 Å². The van der Waals surface area contributed by atoms with Crippen LogP contribution in [0.1, 0.15) is 43.4 Å². The third kappa shape index (κ3) is 3.61. The highest BCUT2D eigenvalue weighted by atomic mass is 16.2. The van der Waals surface area contributed by atoms with E-state index in [1.165, 1.54) is 10.5 Å². The van der Waals surface area contributed by atoms with Gasteiger partial charge in [0.2, 0.25) is 0 Å². The summed E-state index contributed by atoms with van der Waals surface area (Å²) >= 11 is 0. The van der Waals surface area contributed by atoms with Crippen molar-refractivity contribution in [2.45, 2.75) is 38.8 Å². The molecular weight excluding hydrogens is 372 g/mol. The van der Waals surface area contributed by atoms with Crippen molar-refractivity contribution in [3.05, 3.63) is 95.6 Å². The summed E-state index contributed by atoms with van der Waals surface area (Å²) in [7, 11) is 0. The Hall–Kier alpha value is -3.40. The molecule has 1 saturated heterocycles. The molecule has 3 aromatic carbocycles. The van der Waals surface area contributed by atoms with Gasteiger partial charge in [-0.3, -0.25) is 9.69 Å². The Labute approximate surface area is 177 Å². The molecule has 0 aliphatic carbocycles. The van der Waals surface area contributed by atoms with Crippen LogP contribution in [-0.2, 0) is 16.9 Å². The molecule has 3 amide bonds. The first kappa shape index (κ1) is 19.9. The lowest BCUT2D eigenvalue weighted by molar-refractivity contribution is -0.131. The van der Waals surface area contributed by atoms with Crippen LogP contribution >= 0.6 is 0 Å². The molecule has 3 aromatic rings. The molecule has 4 heteroatoms. The first-order valence-corrected chi connectivity index (χ1v) is 10.3. The third-order valence-corrected chi connectivity index (χ3v) is 5.83. The number of nitrogens with zero attached hydrogens (tertiary/aromatic N) is 1. The van der Waals surface area contributed by atoms with Crippen molar-refractivity contribution in [3.63, 3.8) is 0 Å². The predicted molar refractivity (Wildman–Crippen MR) is 119 cm³/mol. The minimum Gasteiger partial charge on any atom is -0.319 e. The maximum absolute atomic E-state index is 13.2. The fraction of sp³-hybridized carbons (Fsp3) is 0.231. The van der Waals surface area contributed by atoms with Gasteiger partial charge in [0.05, 0.1) is 6.54 Å². The summed E-state index contributed by atoms with van der Waals surface area (Å²) < 4.78 is 0. The fourth-order valence-corrected chi connectivity index (χ4v) is 3.85. The highest BCUT2D eigenvalue weighted by Crippen LogP contribution is 2.31. The molecule has 1 atom stereocenters. The van der Waals surface area contributed by atoms with Crippen LogP contribution in [0.25, 0.3) is 11.1 Å². The highest BCUT2D eigenvalue weighted by Gasteiger charge is 2.48. The van der Waals surface area contributed by atoms with Crippen LogP contribution in [0, 0.1) is 0 Å². The molecule has 0 aromatic heterocycles. The van der Waals surface area contributed by atoms with Gasteiger partial charge in [0, 0.05) is 0 Å². The van der Waals surface area contributed by atoms with E-state index < -0.39 is 5.54 Å². The number of hydrogen-bond acceptors (Lipinski definition) is 2. The minimum absolute atomic E-state index is 0.225. The third-order valence-electron chi connectivity index (χ3n) is 5.83. The summed E-state index contributed by atoms with van der Waals surface area (Å²) in [5.41, 5.74) is 4.11. The largest absolute Gasteiger partial charge is 0.325 e. The SMILES string of the molecule is CC(C)c1ccc([C@@]2(C)NC(=O)N(Cc3ccc(-c4ccccc4)cc3)C2=O)cc1. The van der Waals surface area contributed by atoms with Crippen molar-refractivity contribution in [2.75, 3.05) is 0 Å². The Kier molecular flexibility index (Phi) is 5.17. The number of amides is 3. The van der Waals surface area contributed by atoms with E-state index >= 15 is 0 Å². The smallest absolute Gasteiger partial charge is 0.319 e. The number of hydrogen-bond donors (Lipinski definition) is 1. The molecule has 1 N–H and O–H groups in total. The lowest BCUT2D eigenvalue weighted by Gasteiger charge is -2.23. The molecule has 1 fully saturated rings. The maximum atomic E-state index is 13.2. The summed E-state index contributed by atoms with van der Waals surface area (Å²) in [6.45, 7) is 6.28. The molecule has 0 bridgehead atoms.